The standard InChI is InChI=1S/C12H10N2O6S3/c15-7-3-1-2-6(10(7)17)4-8-11(18)14(12(21)22-8)5-9(16)13-23(19)20/h1-4,15,17H,5H2,(H,13,16)(H,19,20)/p-1/b8-4-. The predicted octanol–water partition coefficient (Wildman–Crippen LogP) is 0.209. The molecule has 122 valence electrons. The van der Waals surface area contributed by atoms with Crippen molar-refractivity contribution in [1.29, 1.82) is 0 Å². The number of nitrogens with zero attached hydrogens (tertiary/aromatic N) is 1. The van der Waals surface area contributed by atoms with E-state index in [-0.39, 0.29) is 20.5 Å². The lowest BCUT2D eigenvalue weighted by molar-refractivity contribution is -0.127. The van der Waals surface area contributed by atoms with E-state index in [1.165, 1.54) is 24.3 Å². The van der Waals surface area contributed by atoms with Crippen molar-refractivity contribution in [3.8, 4) is 11.5 Å². The minimum Gasteiger partial charge on any atom is -0.755 e. The van der Waals surface area contributed by atoms with Crippen molar-refractivity contribution in [3.05, 3.63) is 28.7 Å². The Morgan fingerprint density at radius 3 is 2.83 bits per heavy atom. The van der Waals surface area contributed by atoms with Crippen molar-refractivity contribution in [1.82, 2.24) is 9.62 Å². The summed E-state index contributed by atoms with van der Waals surface area (Å²) < 4.78 is 22.5. The molecule has 1 heterocycles. The van der Waals surface area contributed by atoms with Gasteiger partial charge in [-0.2, -0.15) is 0 Å². The number of benzene rings is 1. The van der Waals surface area contributed by atoms with Crippen LogP contribution in [-0.4, -0.2) is 46.6 Å². The topological polar surface area (TPSA) is 130 Å². The first-order chi connectivity index (χ1) is 10.8. The maximum absolute atomic E-state index is 12.2. The number of hydrogen-bond acceptors (Lipinski definition) is 8. The van der Waals surface area contributed by atoms with Crippen molar-refractivity contribution in [2.75, 3.05) is 6.54 Å². The Labute approximate surface area is 142 Å². The average molecular weight is 373 g/mol. The highest BCUT2D eigenvalue weighted by molar-refractivity contribution is 8.26. The van der Waals surface area contributed by atoms with Gasteiger partial charge in [0, 0.05) is 16.8 Å². The first kappa shape index (κ1) is 17.4. The molecule has 23 heavy (non-hydrogen) atoms. The van der Waals surface area contributed by atoms with E-state index < -0.39 is 35.4 Å². The van der Waals surface area contributed by atoms with Gasteiger partial charge in [-0.1, -0.05) is 36.1 Å². The van der Waals surface area contributed by atoms with Crippen molar-refractivity contribution >= 4 is 57.5 Å². The summed E-state index contributed by atoms with van der Waals surface area (Å²) in [7, 11) is 0. The maximum atomic E-state index is 12.2. The van der Waals surface area contributed by atoms with Crippen LogP contribution in [0.4, 0.5) is 0 Å². The predicted molar refractivity (Wildman–Crippen MR) is 86.7 cm³/mol. The summed E-state index contributed by atoms with van der Waals surface area (Å²) in [6.07, 6.45) is 1.32. The van der Waals surface area contributed by atoms with Gasteiger partial charge in [0.2, 0.25) is 0 Å². The van der Waals surface area contributed by atoms with Crippen molar-refractivity contribution in [3.63, 3.8) is 0 Å². The summed E-state index contributed by atoms with van der Waals surface area (Å²) in [5, 5.41) is 19.2. The second-order valence-corrected chi connectivity index (χ2v) is 6.59. The van der Waals surface area contributed by atoms with Gasteiger partial charge < -0.3 is 14.8 Å². The summed E-state index contributed by atoms with van der Waals surface area (Å²) in [4.78, 5) is 24.7. The number of thiocarbonyl (C=S) groups is 1. The fraction of sp³-hybridized carbons (Fsp3) is 0.0833. The number of aromatic hydroxyl groups is 2. The molecule has 2 rings (SSSR count). The van der Waals surface area contributed by atoms with Crippen LogP contribution < -0.4 is 4.72 Å². The molecule has 0 bridgehead atoms. The fourth-order valence-corrected chi connectivity index (χ4v) is 3.21. The van der Waals surface area contributed by atoms with E-state index in [2.05, 4.69) is 0 Å². The second-order valence-electron chi connectivity index (χ2n) is 4.24. The lowest BCUT2D eigenvalue weighted by Gasteiger charge is -2.14. The molecule has 1 aromatic rings. The van der Waals surface area contributed by atoms with Gasteiger partial charge in [0.05, 0.1) is 4.91 Å². The van der Waals surface area contributed by atoms with E-state index in [9.17, 15) is 28.6 Å². The van der Waals surface area contributed by atoms with Gasteiger partial charge in [0.15, 0.2) is 11.5 Å². The highest BCUT2D eigenvalue weighted by Gasteiger charge is 2.33. The van der Waals surface area contributed by atoms with Crippen LogP contribution in [-0.2, 0) is 20.9 Å². The number of amides is 2. The zero-order chi connectivity index (χ0) is 17.1. The van der Waals surface area contributed by atoms with Crippen LogP contribution in [0.15, 0.2) is 23.1 Å². The van der Waals surface area contributed by atoms with E-state index in [1.54, 1.807) is 4.72 Å². The molecule has 11 heteroatoms. The summed E-state index contributed by atoms with van der Waals surface area (Å²) in [6.45, 7) is -0.540. The molecule has 1 fully saturated rings. The number of thioether (sulfide) groups is 1. The van der Waals surface area contributed by atoms with Crippen LogP contribution in [0.2, 0.25) is 0 Å². The molecule has 0 saturated carbocycles. The van der Waals surface area contributed by atoms with E-state index in [0.29, 0.717) is 0 Å². The normalized spacial score (nSPS) is 17.6. The molecule has 1 aliphatic heterocycles. The Morgan fingerprint density at radius 2 is 2.17 bits per heavy atom. The van der Waals surface area contributed by atoms with Gasteiger partial charge in [0.25, 0.3) is 11.8 Å². The Morgan fingerprint density at radius 1 is 1.48 bits per heavy atom. The van der Waals surface area contributed by atoms with Crippen LogP contribution in [0.25, 0.3) is 6.08 Å². The maximum Gasteiger partial charge on any atom is 0.266 e. The Hall–Kier alpha value is -1.95. The lowest BCUT2D eigenvalue weighted by Crippen LogP contribution is -2.39. The van der Waals surface area contributed by atoms with E-state index in [0.717, 1.165) is 16.7 Å². The zero-order valence-corrected chi connectivity index (χ0v) is 13.7. The van der Waals surface area contributed by atoms with Crippen LogP contribution in [0.1, 0.15) is 5.56 Å². The molecule has 0 radical (unpaired) electrons. The number of rotatable bonds is 4. The lowest BCUT2D eigenvalue weighted by atomic mass is 10.1. The van der Waals surface area contributed by atoms with Gasteiger partial charge >= 0.3 is 0 Å². The number of phenolic OH excluding ortho intramolecular Hbond substituents is 2. The second kappa shape index (κ2) is 7.08. The first-order valence-corrected chi connectivity index (χ1v) is 8.24. The summed E-state index contributed by atoms with van der Waals surface area (Å²) in [5.41, 5.74) is 0.204. The molecule has 1 aliphatic rings. The number of phenols is 2. The van der Waals surface area contributed by atoms with Crippen LogP contribution in [0.5, 0.6) is 11.5 Å². The summed E-state index contributed by atoms with van der Waals surface area (Å²) in [6, 6.07) is 4.25. The number of carbonyl (C=O) groups is 2. The first-order valence-electron chi connectivity index (χ1n) is 5.94. The number of nitrogens with one attached hydrogen (secondary N) is 1. The van der Waals surface area contributed by atoms with E-state index in [4.69, 9.17) is 12.2 Å². The van der Waals surface area contributed by atoms with E-state index >= 15 is 0 Å². The summed E-state index contributed by atoms with van der Waals surface area (Å²) >= 11 is 3.10. The molecule has 1 aromatic carbocycles. The Balaban J connectivity index is 2.21. The minimum atomic E-state index is -2.78. The largest absolute Gasteiger partial charge is 0.755 e. The number of carbonyl (C=O) groups excluding carboxylic acids is 2. The van der Waals surface area contributed by atoms with Crippen LogP contribution in [0, 0.1) is 0 Å². The Bertz CT molecular complexity index is 748. The third-order valence-electron chi connectivity index (χ3n) is 2.71. The quantitative estimate of drug-likeness (QED) is 0.295. The average Bonchev–Trinajstić information content (AvgIpc) is 2.71. The molecule has 0 aromatic heterocycles. The fourth-order valence-electron chi connectivity index (χ4n) is 1.71. The molecular weight excluding hydrogens is 364 g/mol. The third kappa shape index (κ3) is 4.07. The number of hydrogen-bond donors (Lipinski definition) is 3. The SMILES string of the molecule is O=C(CN1C(=O)/C(=C/c2cccc(O)c2O)SC1=S)NS(=O)[O-]. The van der Waals surface area contributed by atoms with Gasteiger partial charge in [0.1, 0.15) is 10.9 Å². The third-order valence-corrected chi connectivity index (χ3v) is 4.48. The molecular formula is C12H9N2O6S3-. The highest BCUT2D eigenvalue weighted by atomic mass is 32.2. The van der Waals surface area contributed by atoms with E-state index in [1.807, 2.05) is 0 Å². The highest BCUT2D eigenvalue weighted by Crippen LogP contribution is 2.36. The molecule has 1 saturated heterocycles. The van der Waals surface area contributed by atoms with Crippen LogP contribution >= 0.6 is 24.0 Å². The minimum absolute atomic E-state index is 0.0766. The van der Waals surface area contributed by atoms with Gasteiger partial charge in [-0.25, -0.2) is 0 Å². The zero-order valence-electron chi connectivity index (χ0n) is 11.2. The molecule has 1 atom stereocenters. The van der Waals surface area contributed by atoms with Crippen LogP contribution in [0.3, 0.4) is 0 Å². The smallest absolute Gasteiger partial charge is 0.266 e. The molecule has 3 N–H and O–H groups in total. The van der Waals surface area contributed by atoms with Crippen molar-refractivity contribution in [2.45, 2.75) is 0 Å². The monoisotopic (exact) mass is 373 g/mol. The molecule has 8 nitrogen and oxygen atoms in total. The Kier molecular flexibility index (Phi) is 5.36. The molecule has 1 unspecified atom stereocenters. The van der Waals surface area contributed by atoms with Gasteiger partial charge in [-0.05, 0) is 12.1 Å². The van der Waals surface area contributed by atoms with Crippen molar-refractivity contribution in [2.24, 2.45) is 0 Å². The molecule has 0 spiro atoms. The van der Waals surface area contributed by atoms with Crippen molar-refractivity contribution < 1.29 is 28.6 Å². The number of para-hydroxylation sites is 1. The summed E-state index contributed by atoms with van der Waals surface area (Å²) in [5.74, 6) is -2.24. The van der Waals surface area contributed by atoms with Gasteiger partial charge in [-0.3, -0.25) is 23.4 Å². The molecule has 2 amide bonds. The van der Waals surface area contributed by atoms with Gasteiger partial charge in [-0.15, -0.1) is 0 Å². The molecule has 0 aliphatic carbocycles.